The summed E-state index contributed by atoms with van der Waals surface area (Å²) >= 11 is 1.52. The summed E-state index contributed by atoms with van der Waals surface area (Å²) in [7, 11) is 0. The largest absolute Gasteiger partial charge is 0.479 e. The van der Waals surface area contributed by atoms with Crippen LogP contribution in [0, 0.1) is 0 Å². The Morgan fingerprint density at radius 1 is 1.73 bits per heavy atom. The zero-order chi connectivity index (χ0) is 10.7. The second kappa shape index (κ2) is 4.59. The lowest BCUT2D eigenvalue weighted by atomic mass is 10.2. The number of aromatic nitrogens is 1. The van der Waals surface area contributed by atoms with Crippen molar-refractivity contribution in [1.82, 2.24) is 4.98 Å². The predicted molar refractivity (Wildman–Crippen MR) is 56.1 cm³/mol. The molecule has 2 heterocycles. The third kappa shape index (κ3) is 2.66. The minimum Gasteiger partial charge on any atom is -0.479 e. The summed E-state index contributed by atoms with van der Waals surface area (Å²) < 4.78 is 5.34. The SMILES string of the molecule is O=C(O)C1CCC(CNc2nccs2)O1. The van der Waals surface area contributed by atoms with Crippen LogP contribution in [0.25, 0.3) is 0 Å². The van der Waals surface area contributed by atoms with Crippen molar-refractivity contribution >= 4 is 22.4 Å². The molecule has 82 valence electrons. The first-order valence-electron chi connectivity index (χ1n) is 4.77. The van der Waals surface area contributed by atoms with Crippen molar-refractivity contribution < 1.29 is 14.6 Å². The van der Waals surface area contributed by atoms with Crippen molar-refractivity contribution in [3.63, 3.8) is 0 Å². The molecule has 0 aromatic carbocycles. The second-order valence-electron chi connectivity index (χ2n) is 3.38. The van der Waals surface area contributed by atoms with E-state index in [9.17, 15) is 4.79 Å². The smallest absolute Gasteiger partial charge is 0.332 e. The predicted octanol–water partition coefficient (Wildman–Crippen LogP) is 1.19. The number of nitrogens with one attached hydrogen (secondary N) is 1. The molecule has 15 heavy (non-hydrogen) atoms. The zero-order valence-corrected chi connectivity index (χ0v) is 8.87. The highest BCUT2D eigenvalue weighted by Gasteiger charge is 2.30. The number of carboxylic acid groups (broad SMARTS) is 1. The summed E-state index contributed by atoms with van der Waals surface area (Å²) in [5.74, 6) is -0.869. The lowest BCUT2D eigenvalue weighted by Crippen LogP contribution is -2.24. The zero-order valence-electron chi connectivity index (χ0n) is 8.05. The molecule has 0 bridgehead atoms. The van der Waals surface area contributed by atoms with Crippen molar-refractivity contribution in [3.8, 4) is 0 Å². The average molecular weight is 228 g/mol. The third-order valence-electron chi connectivity index (χ3n) is 2.30. The van der Waals surface area contributed by atoms with Crippen molar-refractivity contribution in [2.75, 3.05) is 11.9 Å². The molecule has 2 unspecified atom stereocenters. The lowest BCUT2D eigenvalue weighted by Gasteiger charge is -2.11. The molecule has 1 fully saturated rings. The van der Waals surface area contributed by atoms with Gasteiger partial charge in [-0.15, -0.1) is 11.3 Å². The van der Waals surface area contributed by atoms with Crippen molar-refractivity contribution in [2.45, 2.75) is 25.0 Å². The molecule has 1 aromatic rings. The van der Waals surface area contributed by atoms with Crippen molar-refractivity contribution in [2.24, 2.45) is 0 Å². The van der Waals surface area contributed by atoms with Gasteiger partial charge in [-0.05, 0) is 12.8 Å². The van der Waals surface area contributed by atoms with Crippen LogP contribution in [0.3, 0.4) is 0 Å². The Hall–Kier alpha value is -1.14. The summed E-state index contributed by atoms with van der Waals surface area (Å²) in [5, 5.41) is 14.6. The van der Waals surface area contributed by atoms with Gasteiger partial charge in [-0.25, -0.2) is 9.78 Å². The highest BCUT2D eigenvalue weighted by Crippen LogP contribution is 2.20. The molecule has 0 amide bonds. The highest BCUT2D eigenvalue weighted by molar-refractivity contribution is 7.13. The molecule has 2 N–H and O–H groups in total. The molecule has 2 atom stereocenters. The molecule has 1 aliphatic rings. The Morgan fingerprint density at radius 2 is 2.60 bits per heavy atom. The van der Waals surface area contributed by atoms with Gasteiger partial charge in [0.1, 0.15) is 0 Å². The fourth-order valence-corrected chi connectivity index (χ4v) is 2.09. The van der Waals surface area contributed by atoms with Crippen LogP contribution in [-0.4, -0.2) is 34.8 Å². The standard InChI is InChI=1S/C9H12N2O3S/c12-8(13)7-2-1-6(14-7)5-11-9-10-3-4-15-9/h3-4,6-7H,1-2,5H2,(H,10,11)(H,12,13). The molecule has 5 nitrogen and oxygen atoms in total. The first kappa shape index (κ1) is 10.4. The van der Waals surface area contributed by atoms with Crippen LogP contribution < -0.4 is 5.32 Å². The Balaban J connectivity index is 1.75. The number of hydrogen-bond acceptors (Lipinski definition) is 5. The van der Waals surface area contributed by atoms with Crippen molar-refractivity contribution in [1.29, 1.82) is 0 Å². The van der Waals surface area contributed by atoms with Gasteiger partial charge in [-0.1, -0.05) is 0 Å². The number of rotatable bonds is 4. The quantitative estimate of drug-likeness (QED) is 0.810. The van der Waals surface area contributed by atoms with E-state index in [1.807, 2.05) is 5.38 Å². The Kier molecular flexibility index (Phi) is 3.17. The van der Waals surface area contributed by atoms with E-state index >= 15 is 0 Å². The van der Waals surface area contributed by atoms with Crippen LogP contribution in [-0.2, 0) is 9.53 Å². The molecule has 0 radical (unpaired) electrons. The molecule has 1 aromatic heterocycles. The molecule has 1 saturated heterocycles. The highest BCUT2D eigenvalue weighted by atomic mass is 32.1. The maximum Gasteiger partial charge on any atom is 0.332 e. The molecule has 6 heteroatoms. The van der Waals surface area contributed by atoms with E-state index in [1.165, 1.54) is 11.3 Å². The van der Waals surface area contributed by atoms with E-state index in [2.05, 4.69) is 10.3 Å². The third-order valence-corrected chi connectivity index (χ3v) is 3.03. The second-order valence-corrected chi connectivity index (χ2v) is 4.28. The first-order chi connectivity index (χ1) is 7.25. The van der Waals surface area contributed by atoms with Gasteiger partial charge < -0.3 is 15.2 Å². The summed E-state index contributed by atoms with van der Waals surface area (Å²) in [5.41, 5.74) is 0. The van der Waals surface area contributed by atoms with Gasteiger partial charge >= 0.3 is 5.97 Å². The van der Waals surface area contributed by atoms with Crippen LogP contribution in [0.15, 0.2) is 11.6 Å². The van der Waals surface area contributed by atoms with Gasteiger partial charge in [0.15, 0.2) is 11.2 Å². The molecular weight excluding hydrogens is 216 g/mol. The number of thiazole rings is 1. The topological polar surface area (TPSA) is 71.5 Å². The number of nitrogens with zero attached hydrogens (tertiary/aromatic N) is 1. The fraction of sp³-hybridized carbons (Fsp3) is 0.556. The molecular formula is C9H12N2O3S. The maximum atomic E-state index is 10.6. The number of aliphatic carboxylic acids is 1. The number of carboxylic acids is 1. The van der Waals surface area contributed by atoms with Gasteiger partial charge in [0.25, 0.3) is 0 Å². The van der Waals surface area contributed by atoms with E-state index in [-0.39, 0.29) is 6.10 Å². The monoisotopic (exact) mass is 228 g/mol. The van der Waals surface area contributed by atoms with Gasteiger partial charge in [0.05, 0.1) is 6.10 Å². The van der Waals surface area contributed by atoms with Crippen LogP contribution in [0.4, 0.5) is 5.13 Å². The summed E-state index contributed by atoms with van der Waals surface area (Å²) in [4.78, 5) is 14.7. The Bertz CT molecular complexity index is 328. The summed E-state index contributed by atoms with van der Waals surface area (Å²) in [6, 6.07) is 0. The van der Waals surface area contributed by atoms with Crippen LogP contribution >= 0.6 is 11.3 Å². The molecule has 0 aliphatic carbocycles. The summed E-state index contributed by atoms with van der Waals surface area (Å²) in [6.45, 7) is 0.622. The van der Waals surface area contributed by atoms with Gasteiger partial charge in [0.2, 0.25) is 0 Å². The number of hydrogen-bond donors (Lipinski definition) is 2. The minimum atomic E-state index is -0.869. The van der Waals surface area contributed by atoms with E-state index in [4.69, 9.17) is 9.84 Å². The molecule has 0 saturated carbocycles. The number of anilines is 1. The van der Waals surface area contributed by atoms with Crippen LogP contribution in [0.5, 0.6) is 0 Å². The molecule has 1 aliphatic heterocycles. The van der Waals surface area contributed by atoms with Gasteiger partial charge in [-0.3, -0.25) is 0 Å². The molecule has 2 rings (SSSR count). The van der Waals surface area contributed by atoms with Gasteiger partial charge in [-0.2, -0.15) is 0 Å². The fourth-order valence-electron chi connectivity index (χ4n) is 1.55. The van der Waals surface area contributed by atoms with E-state index in [0.29, 0.717) is 13.0 Å². The maximum absolute atomic E-state index is 10.6. The molecule has 0 spiro atoms. The number of carbonyl (C=O) groups is 1. The van der Waals surface area contributed by atoms with Crippen molar-refractivity contribution in [3.05, 3.63) is 11.6 Å². The Morgan fingerprint density at radius 3 is 3.20 bits per heavy atom. The lowest BCUT2D eigenvalue weighted by molar-refractivity contribution is -0.149. The van der Waals surface area contributed by atoms with Gasteiger partial charge in [0, 0.05) is 18.1 Å². The van der Waals surface area contributed by atoms with E-state index in [0.717, 1.165) is 11.6 Å². The van der Waals surface area contributed by atoms with E-state index < -0.39 is 12.1 Å². The average Bonchev–Trinajstić information content (AvgIpc) is 2.86. The summed E-state index contributed by atoms with van der Waals surface area (Å²) in [6.07, 6.45) is 2.46. The normalized spacial score (nSPS) is 25.3. The van der Waals surface area contributed by atoms with Crippen LogP contribution in [0.1, 0.15) is 12.8 Å². The van der Waals surface area contributed by atoms with E-state index in [1.54, 1.807) is 6.20 Å². The number of ether oxygens (including phenoxy) is 1. The van der Waals surface area contributed by atoms with Crippen LogP contribution in [0.2, 0.25) is 0 Å². The first-order valence-corrected chi connectivity index (χ1v) is 5.65. The minimum absolute atomic E-state index is 0.0185. The Labute approximate surface area is 91.1 Å².